The van der Waals surface area contributed by atoms with Gasteiger partial charge in [-0.2, -0.15) is 0 Å². The highest BCUT2D eigenvalue weighted by molar-refractivity contribution is 8.14. The maximum atomic E-state index is 10.9. The highest BCUT2D eigenvalue weighted by atomic mass is 35.7. The summed E-state index contributed by atoms with van der Waals surface area (Å²) < 4.78 is 43.5. The molecule has 0 amide bonds. The predicted molar refractivity (Wildman–Crippen MR) is 53.2 cm³/mol. The van der Waals surface area contributed by atoms with Crippen molar-refractivity contribution in [2.45, 2.75) is 25.0 Å². The molecule has 1 atom stereocenters. The topological polar surface area (TPSA) is 68.3 Å². The molecule has 4 nitrogen and oxygen atoms in total. The Morgan fingerprint density at radius 2 is 1.69 bits per heavy atom. The van der Waals surface area contributed by atoms with E-state index in [1.54, 1.807) is 6.92 Å². The Hall–Kier alpha value is 0.190. The molecule has 0 heterocycles. The molecular formula is C6H13ClO4S2. The van der Waals surface area contributed by atoms with Crippen LogP contribution in [0.2, 0.25) is 0 Å². The first-order valence-corrected chi connectivity index (χ1v) is 8.21. The van der Waals surface area contributed by atoms with Crippen molar-refractivity contribution in [2.75, 3.05) is 12.0 Å². The van der Waals surface area contributed by atoms with E-state index >= 15 is 0 Å². The van der Waals surface area contributed by atoms with Gasteiger partial charge in [0.15, 0.2) is 0 Å². The van der Waals surface area contributed by atoms with E-state index in [1.165, 1.54) is 0 Å². The predicted octanol–water partition coefficient (Wildman–Crippen LogP) is 0.768. The Bertz CT molecular complexity index is 343. The van der Waals surface area contributed by atoms with Crippen molar-refractivity contribution in [3.05, 3.63) is 0 Å². The van der Waals surface area contributed by atoms with Crippen LogP contribution in [-0.2, 0) is 18.9 Å². The first kappa shape index (κ1) is 13.2. The Morgan fingerprint density at radius 3 is 1.92 bits per heavy atom. The molecule has 13 heavy (non-hydrogen) atoms. The Kier molecular flexibility index (Phi) is 4.68. The number of hydrogen-bond donors (Lipinski definition) is 0. The van der Waals surface area contributed by atoms with Crippen molar-refractivity contribution < 1.29 is 16.8 Å². The first-order chi connectivity index (χ1) is 5.67. The lowest BCUT2D eigenvalue weighted by molar-refractivity contribution is 0.577. The largest absolute Gasteiger partial charge is 0.236 e. The normalized spacial score (nSPS) is 15.6. The second kappa shape index (κ2) is 4.61. The Labute approximate surface area is 83.6 Å². The molecule has 0 spiro atoms. The van der Waals surface area contributed by atoms with Crippen LogP contribution in [0.4, 0.5) is 0 Å². The second-order valence-electron chi connectivity index (χ2n) is 2.98. The maximum Gasteiger partial charge on any atom is 0.236 e. The minimum atomic E-state index is -3.77. The summed E-state index contributed by atoms with van der Waals surface area (Å²) in [4.78, 5) is 0. The lowest BCUT2D eigenvalue weighted by Crippen LogP contribution is -2.25. The third-order valence-electron chi connectivity index (χ3n) is 1.50. The molecule has 0 saturated carbocycles. The van der Waals surface area contributed by atoms with Crippen LogP contribution in [0.1, 0.15) is 19.8 Å². The number of sulfone groups is 1. The molecule has 0 bridgehead atoms. The molecule has 0 aliphatic rings. The summed E-state index contributed by atoms with van der Waals surface area (Å²) in [6.07, 6.45) is 1.86. The van der Waals surface area contributed by atoms with Crippen molar-refractivity contribution in [1.29, 1.82) is 0 Å². The highest BCUT2D eigenvalue weighted by Crippen LogP contribution is 2.15. The van der Waals surface area contributed by atoms with E-state index < -0.39 is 29.9 Å². The van der Waals surface area contributed by atoms with Crippen LogP contribution in [0.5, 0.6) is 0 Å². The third kappa shape index (κ3) is 6.29. The van der Waals surface area contributed by atoms with Gasteiger partial charge < -0.3 is 0 Å². The molecule has 0 N–H and O–H groups in total. The molecule has 80 valence electrons. The quantitative estimate of drug-likeness (QED) is 0.674. The Morgan fingerprint density at radius 1 is 1.23 bits per heavy atom. The van der Waals surface area contributed by atoms with Gasteiger partial charge in [-0.05, 0) is 6.42 Å². The van der Waals surface area contributed by atoms with E-state index in [0.29, 0.717) is 6.42 Å². The summed E-state index contributed by atoms with van der Waals surface area (Å²) in [7, 11) is -1.97. The van der Waals surface area contributed by atoms with E-state index in [2.05, 4.69) is 0 Å². The standard InChI is InChI=1S/C6H13ClO4S2/c1-3-4-6(13(7,10)11)5-12(2,8)9/h6H,3-5H2,1-2H3. The van der Waals surface area contributed by atoms with E-state index in [9.17, 15) is 16.8 Å². The molecule has 0 aliphatic heterocycles. The third-order valence-corrected chi connectivity index (χ3v) is 4.67. The van der Waals surface area contributed by atoms with E-state index in [4.69, 9.17) is 10.7 Å². The van der Waals surface area contributed by atoms with Crippen molar-refractivity contribution in [1.82, 2.24) is 0 Å². The van der Waals surface area contributed by atoms with E-state index in [-0.39, 0.29) is 6.42 Å². The zero-order valence-corrected chi connectivity index (χ0v) is 9.92. The molecule has 0 fully saturated rings. The van der Waals surface area contributed by atoms with Crippen molar-refractivity contribution >= 4 is 29.6 Å². The van der Waals surface area contributed by atoms with Crippen LogP contribution in [0.25, 0.3) is 0 Å². The van der Waals surface area contributed by atoms with Crippen LogP contribution in [0.3, 0.4) is 0 Å². The summed E-state index contributed by atoms with van der Waals surface area (Å²) >= 11 is 0. The maximum absolute atomic E-state index is 10.9. The smallest absolute Gasteiger partial charge is 0.229 e. The van der Waals surface area contributed by atoms with Gasteiger partial charge in [0.2, 0.25) is 9.05 Å². The Balaban J connectivity index is 4.66. The van der Waals surface area contributed by atoms with Crippen molar-refractivity contribution in [2.24, 2.45) is 0 Å². The van der Waals surface area contributed by atoms with Crippen molar-refractivity contribution in [3.8, 4) is 0 Å². The summed E-state index contributed by atoms with van der Waals surface area (Å²) in [5, 5.41) is -0.978. The average Bonchev–Trinajstić information content (AvgIpc) is 1.81. The minimum absolute atomic E-state index is 0.277. The summed E-state index contributed by atoms with van der Waals surface area (Å²) in [5.74, 6) is -0.396. The van der Waals surface area contributed by atoms with Crippen LogP contribution in [0.15, 0.2) is 0 Å². The molecule has 1 unspecified atom stereocenters. The lowest BCUT2D eigenvalue weighted by Gasteiger charge is -2.10. The zero-order chi connectivity index (χ0) is 10.7. The molecule has 0 saturated heterocycles. The van der Waals surface area contributed by atoms with E-state index in [0.717, 1.165) is 6.26 Å². The molecule has 0 rings (SSSR count). The number of hydrogen-bond acceptors (Lipinski definition) is 4. The van der Waals surface area contributed by atoms with Gasteiger partial charge >= 0.3 is 0 Å². The molecule has 0 aromatic heterocycles. The fraction of sp³-hybridized carbons (Fsp3) is 1.00. The van der Waals surface area contributed by atoms with Crippen LogP contribution >= 0.6 is 10.7 Å². The SMILES string of the molecule is CCCC(CS(C)(=O)=O)S(=O)(=O)Cl. The lowest BCUT2D eigenvalue weighted by atomic mass is 10.3. The van der Waals surface area contributed by atoms with Gasteiger partial charge in [-0.15, -0.1) is 0 Å². The van der Waals surface area contributed by atoms with Crippen LogP contribution in [0, 0.1) is 0 Å². The van der Waals surface area contributed by atoms with Gasteiger partial charge in [-0.1, -0.05) is 13.3 Å². The second-order valence-corrected chi connectivity index (χ2v) is 8.07. The molecule has 0 aliphatic carbocycles. The molecule has 0 radical (unpaired) electrons. The van der Waals surface area contributed by atoms with Gasteiger partial charge in [-0.3, -0.25) is 0 Å². The summed E-state index contributed by atoms with van der Waals surface area (Å²) in [6.45, 7) is 1.78. The summed E-state index contributed by atoms with van der Waals surface area (Å²) in [6, 6.07) is 0. The van der Waals surface area contributed by atoms with Gasteiger partial charge in [-0.25, -0.2) is 16.8 Å². The fourth-order valence-electron chi connectivity index (χ4n) is 0.965. The summed E-state index contributed by atoms with van der Waals surface area (Å²) in [5.41, 5.74) is 0. The monoisotopic (exact) mass is 248 g/mol. The van der Waals surface area contributed by atoms with Gasteiger partial charge in [0.25, 0.3) is 0 Å². The fourth-order valence-corrected chi connectivity index (χ4v) is 4.45. The van der Waals surface area contributed by atoms with Crippen LogP contribution < -0.4 is 0 Å². The van der Waals surface area contributed by atoms with Gasteiger partial charge in [0, 0.05) is 16.9 Å². The van der Waals surface area contributed by atoms with E-state index in [1.807, 2.05) is 0 Å². The van der Waals surface area contributed by atoms with Gasteiger partial charge in [0.1, 0.15) is 9.84 Å². The highest BCUT2D eigenvalue weighted by Gasteiger charge is 2.26. The number of halogens is 1. The molecular weight excluding hydrogens is 236 g/mol. The van der Waals surface area contributed by atoms with Gasteiger partial charge in [0.05, 0.1) is 11.0 Å². The minimum Gasteiger partial charge on any atom is -0.229 e. The molecule has 0 aromatic rings. The first-order valence-electron chi connectivity index (χ1n) is 3.78. The number of rotatable bonds is 5. The molecule has 7 heteroatoms. The van der Waals surface area contributed by atoms with Crippen molar-refractivity contribution in [3.63, 3.8) is 0 Å². The zero-order valence-electron chi connectivity index (χ0n) is 7.53. The van der Waals surface area contributed by atoms with Crippen LogP contribution in [-0.4, -0.2) is 34.1 Å². The average molecular weight is 249 g/mol. The molecule has 0 aromatic carbocycles.